The number of halogens is 1. The minimum Gasteiger partial charge on any atom is -0.497 e. The molecule has 1 aromatic rings. The average molecular weight is 363 g/mol. The van der Waals surface area contributed by atoms with E-state index >= 15 is 0 Å². The fraction of sp³-hybridized carbons (Fsp3) is 0.350. The standard InChI is InChI=1S/C20H18FN5O/c1-26-6-5-13-15(8-22)19(25)20(10-23,11-24)18(16(13)9-26)14-7-12(27-2)3-4-17(14)21/h3-5,7,16,18H,6,9,25H2,1-2H3/t16-,18-/m0/s1. The van der Waals surface area contributed by atoms with Crippen molar-refractivity contribution in [2.45, 2.75) is 5.92 Å². The maximum absolute atomic E-state index is 14.8. The summed E-state index contributed by atoms with van der Waals surface area (Å²) in [5.41, 5.74) is 5.22. The molecule has 2 atom stereocenters. The molecule has 0 saturated heterocycles. The van der Waals surface area contributed by atoms with E-state index in [2.05, 4.69) is 0 Å². The Labute approximate surface area is 157 Å². The molecule has 0 bridgehead atoms. The number of likely N-dealkylation sites (N-methyl/N-ethyl adjacent to an activating group) is 1. The van der Waals surface area contributed by atoms with Crippen molar-refractivity contribution in [3.05, 3.63) is 52.5 Å². The molecular weight excluding hydrogens is 345 g/mol. The fourth-order valence-electron chi connectivity index (χ4n) is 4.06. The third-order valence-corrected chi connectivity index (χ3v) is 5.39. The van der Waals surface area contributed by atoms with E-state index < -0.39 is 23.1 Å². The molecule has 6 nitrogen and oxygen atoms in total. The summed E-state index contributed by atoms with van der Waals surface area (Å²) in [5.74, 6) is -1.42. The van der Waals surface area contributed by atoms with Crippen LogP contribution in [0.5, 0.6) is 5.75 Å². The Bertz CT molecular complexity index is 962. The maximum atomic E-state index is 14.8. The second kappa shape index (κ2) is 6.76. The Hall–Kier alpha value is -3.34. The third-order valence-electron chi connectivity index (χ3n) is 5.39. The van der Waals surface area contributed by atoms with Gasteiger partial charge in [0, 0.05) is 24.9 Å². The van der Waals surface area contributed by atoms with Gasteiger partial charge in [0.1, 0.15) is 17.6 Å². The Morgan fingerprint density at radius 1 is 1.30 bits per heavy atom. The number of ether oxygens (including phenoxy) is 1. The van der Waals surface area contributed by atoms with E-state index in [1.807, 2.05) is 36.2 Å². The van der Waals surface area contributed by atoms with Gasteiger partial charge >= 0.3 is 0 Å². The average Bonchev–Trinajstić information content (AvgIpc) is 2.68. The first-order valence-corrected chi connectivity index (χ1v) is 8.38. The van der Waals surface area contributed by atoms with Gasteiger partial charge in [0.05, 0.1) is 30.5 Å². The molecule has 1 aliphatic carbocycles. The molecule has 0 aromatic heterocycles. The Balaban J connectivity index is 2.37. The number of nitrogens with two attached hydrogens (primary N) is 1. The first kappa shape index (κ1) is 18.5. The van der Waals surface area contributed by atoms with Crippen LogP contribution in [0.1, 0.15) is 11.5 Å². The quantitative estimate of drug-likeness (QED) is 0.862. The summed E-state index contributed by atoms with van der Waals surface area (Å²) < 4.78 is 20.0. The van der Waals surface area contributed by atoms with Crippen LogP contribution in [-0.4, -0.2) is 32.1 Å². The topological polar surface area (TPSA) is 110 Å². The normalized spacial score (nSPS) is 24.1. The van der Waals surface area contributed by atoms with Crippen molar-refractivity contribution in [3.63, 3.8) is 0 Å². The van der Waals surface area contributed by atoms with Gasteiger partial charge in [-0.1, -0.05) is 6.08 Å². The lowest BCUT2D eigenvalue weighted by Gasteiger charge is -2.45. The first-order chi connectivity index (χ1) is 12.9. The van der Waals surface area contributed by atoms with Crippen LogP contribution in [0.25, 0.3) is 0 Å². The van der Waals surface area contributed by atoms with E-state index in [4.69, 9.17) is 10.5 Å². The highest BCUT2D eigenvalue weighted by molar-refractivity contribution is 5.59. The zero-order chi connectivity index (χ0) is 19.8. The number of nitrogens with zero attached hydrogens (tertiary/aromatic N) is 4. The second-order valence-electron chi connectivity index (χ2n) is 6.78. The molecule has 0 unspecified atom stereocenters. The molecule has 2 aliphatic rings. The summed E-state index contributed by atoms with van der Waals surface area (Å²) in [5, 5.41) is 29.5. The molecule has 2 N–H and O–H groups in total. The molecule has 1 aromatic carbocycles. The summed E-state index contributed by atoms with van der Waals surface area (Å²) in [6, 6.07) is 10.3. The molecule has 3 rings (SSSR count). The van der Waals surface area contributed by atoms with Crippen molar-refractivity contribution in [1.29, 1.82) is 15.8 Å². The van der Waals surface area contributed by atoms with Gasteiger partial charge in [-0.3, -0.25) is 0 Å². The predicted molar refractivity (Wildman–Crippen MR) is 95.2 cm³/mol. The number of benzene rings is 1. The summed E-state index contributed by atoms with van der Waals surface area (Å²) in [6.07, 6.45) is 1.86. The van der Waals surface area contributed by atoms with Gasteiger partial charge in [-0.05, 0) is 36.4 Å². The van der Waals surface area contributed by atoms with Crippen LogP contribution in [0.15, 0.2) is 41.1 Å². The van der Waals surface area contributed by atoms with E-state index in [9.17, 15) is 20.2 Å². The Morgan fingerprint density at radius 2 is 2.00 bits per heavy atom. The molecule has 7 heteroatoms. The molecule has 1 aliphatic heterocycles. The second-order valence-corrected chi connectivity index (χ2v) is 6.78. The van der Waals surface area contributed by atoms with Gasteiger partial charge in [0.25, 0.3) is 0 Å². The molecule has 0 radical (unpaired) electrons. The van der Waals surface area contributed by atoms with Crippen LogP contribution in [0.2, 0.25) is 0 Å². The van der Waals surface area contributed by atoms with E-state index in [0.717, 1.165) is 0 Å². The molecule has 1 heterocycles. The molecular formula is C20H18FN5O. The van der Waals surface area contributed by atoms with Gasteiger partial charge in [-0.2, -0.15) is 15.8 Å². The SMILES string of the molecule is COc1ccc(F)c([C@H]2[C@H]3CN(C)CC=C3C(C#N)=C(N)C2(C#N)C#N)c1. The predicted octanol–water partition coefficient (Wildman–Crippen LogP) is 2.19. The molecule has 0 saturated carbocycles. The van der Waals surface area contributed by atoms with Crippen molar-refractivity contribution in [2.24, 2.45) is 17.1 Å². The van der Waals surface area contributed by atoms with Crippen LogP contribution in [0.4, 0.5) is 4.39 Å². The highest BCUT2D eigenvalue weighted by Gasteiger charge is 2.55. The van der Waals surface area contributed by atoms with Crippen molar-refractivity contribution in [3.8, 4) is 24.0 Å². The minimum atomic E-state index is -1.85. The van der Waals surface area contributed by atoms with E-state index in [0.29, 0.717) is 24.4 Å². The van der Waals surface area contributed by atoms with E-state index in [-0.39, 0.29) is 16.8 Å². The fourth-order valence-corrected chi connectivity index (χ4v) is 4.06. The molecule has 0 spiro atoms. The van der Waals surface area contributed by atoms with Crippen molar-refractivity contribution >= 4 is 0 Å². The van der Waals surface area contributed by atoms with Crippen LogP contribution < -0.4 is 10.5 Å². The Morgan fingerprint density at radius 3 is 2.59 bits per heavy atom. The van der Waals surface area contributed by atoms with E-state index in [1.54, 1.807) is 0 Å². The monoisotopic (exact) mass is 363 g/mol. The zero-order valence-electron chi connectivity index (χ0n) is 15.0. The van der Waals surface area contributed by atoms with Crippen molar-refractivity contribution < 1.29 is 9.13 Å². The highest BCUT2D eigenvalue weighted by Crippen LogP contribution is 2.54. The van der Waals surface area contributed by atoms with Crippen LogP contribution >= 0.6 is 0 Å². The molecule has 136 valence electrons. The van der Waals surface area contributed by atoms with Gasteiger partial charge in [0.15, 0.2) is 5.41 Å². The lowest BCUT2D eigenvalue weighted by atomic mass is 9.58. The largest absolute Gasteiger partial charge is 0.497 e. The highest BCUT2D eigenvalue weighted by atomic mass is 19.1. The van der Waals surface area contributed by atoms with Gasteiger partial charge < -0.3 is 15.4 Å². The number of fused-ring (bicyclic) bond motifs is 1. The lowest BCUT2D eigenvalue weighted by molar-refractivity contribution is 0.234. The number of rotatable bonds is 2. The number of allylic oxidation sites excluding steroid dienone is 2. The number of methoxy groups -OCH3 is 1. The molecule has 0 amide bonds. The summed E-state index contributed by atoms with van der Waals surface area (Å²) in [7, 11) is 3.35. The number of nitriles is 3. The van der Waals surface area contributed by atoms with Gasteiger partial charge in [-0.15, -0.1) is 0 Å². The van der Waals surface area contributed by atoms with Crippen molar-refractivity contribution in [2.75, 3.05) is 27.2 Å². The van der Waals surface area contributed by atoms with Gasteiger partial charge in [-0.25, -0.2) is 4.39 Å². The number of hydrogen-bond donors (Lipinski definition) is 1. The molecule has 0 fully saturated rings. The van der Waals surface area contributed by atoms with Crippen LogP contribution in [0, 0.1) is 51.1 Å². The Kier molecular flexibility index (Phi) is 4.62. The van der Waals surface area contributed by atoms with Crippen LogP contribution in [-0.2, 0) is 0 Å². The summed E-state index contributed by atoms with van der Waals surface area (Å²) in [6.45, 7) is 1.07. The summed E-state index contributed by atoms with van der Waals surface area (Å²) in [4.78, 5) is 2.00. The van der Waals surface area contributed by atoms with E-state index in [1.165, 1.54) is 25.3 Å². The number of hydrogen-bond acceptors (Lipinski definition) is 6. The smallest absolute Gasteiger partial charge is 0.191 e. The molecule has 27 heavy (non-hydrogen) atoms. The van der Waals surface area contributed by atoms with Gasteiger partial charge in [0.2, 0.25) is 0 Å². The third kappa shape index (κ3) is 2.63. The van der Waals surface area contributed by atoms with Crippen LogP contribution in [0.3, 0.4) is 0 Å². The maximum Gasteiger partial charge on any atom is 0.191 e. The van der Waals surface area contributed by atoms with Crippen molar-refractivity contribution in [1.82, 2.24) is 4.90 Å². The zero-order valence-corrected chi connectivity index (χ0v) is 15.0. The minimum absolute atomic E-state index is 0.116. The lowest BCUT2D eigenvalue weighted by Crippen LogP contribution is -2.47. The first-order valence-electron chi connectivity index (χ1n) is 8.38. The summed E-state index contributed by atoms with van der Waals surface area (Å²) >= 11 is 0.